The van der Waals surface area contributed by atoms with Crippen LogP contribution in [-0.2, 0) is 9.59 Å². The van der Waals surface area contributed by atoms with E-state index in [2.05, 4.69) is 15.8 Å². The zero-order valence-corrected chi connectivity index (χ0v) is 14.1. The van der Waals surface area contributed by atoms with Crippen LogP contribution in [0.5, 0.6) is 5.75 Å². The molecule has 0 fully saturated rings. The highest BCUT2D eigenvalue weighted by Crippen LogP contribution is 2.23. The van der Waals surface area contributed by atoms with E-state index in [4.69, 9.17) is 27.9 Å². The van der Waals surface area contributed by atoms with Gasteiger partial charge < -0.3 is 10.1 Å². The number of nitrogens with zero attached hydrogens (tertiary/aromatic N) is 1. The Morgan fingerprint density at radius 2 is 1.83 bits per heavy atom. The van der Waals surface area contributed by atoms with Gasteiger partial charge in [0.25, 0.3) is 0 Å². The van der Waals surface area contributed by atoms with E-state index >= 15 is 0 Å². The number of anilines is 1. The standard InChI is InChI=1S/C16H13Cl2N3O3/c1-24-14-5-3-2-4-13(14)20-15(22)16(23)21-19-9-10-6-7-11(17)12(18)8-10/h2-9H,1H3,(H,20,22)(H,21,23). The number of rotatable bonds is 4. The number of carbonyl (C=O) groups excluding carboxylic acids is 2. The first-order valence-corrected chi connectivity index (χ1v) is 7.49. The highest BCUT2D eigenvalue weighted by Gasteiger charge is 2.14. The number of halogens is 2. The number of methoxy groups -OCH3 is 1. The smallest absolute Gasteiger partial charge is 0.329 e. The van der Waals surface area contributed by atoms with E-state index in [-0.39, 0.29) is 0 Å². The van der Waals surface area contributed by atoms with E-state index in [0.717, 1.165) is 0 Å². The average molecular weight is 366 g/mol. The van der Waals surface area contributed by atoms with Crippen molar-refractivity contribution in [3.8, 4) is 5.75 Å². The summed E-state index contributed by atoms with van der Waals surface area (Å²) in [4.78, 5) is 23.6. The molecule has 0 saturated heterocycles. The van der Waals surface area contributed by atoms with Gasteiger partial charge in [-0.2, -0.15) is 5.10 Å². The minimum atomic E-state index is -0.919. The Balaban J connectivity index is 1.95. The molecular formula is C16H13Cl2N3O3. The lowest BCUT2D eigenvalue weighted by atomic mass is 10.2. The van der Waals surface area contributed by atoms with Gasteiger partial charge in [-0.1, -0.05) is 41.4 Å². The number of hydrazone groups is 1. The topological polar surface area (TPSA) is 79.8 Å². The molecule has 0 spiro atoms. The summed E-state index contributed by atoms with van der Waals surface area (Å²) in [7, 11) is 1.46. The SMILES string of the molecule is COc1ccccc1NC(=O)C(=O)NN=Cc1ccc(Cl)c(Cl)c1. The molecule has 6 nitrogen and oxygen atoms in total. The molecule has 8 heteroatoms. The molecule has 0 bridgehead atoms. The van der Waals surface area contributed by atoms with Crippen molar-refractivity contribution < 1.29 is 14.3 Å². The number of benzene rings is 2. The van der Waals surface area contributed by atoms with Crippen LogP contribution in [0.4, 0.5) is 5.69 Å². The molecule has 24 heavy (non-hydrogen) atoms. The van der Waals surface area contributed by atoms with Crippen LogP contribution < -0.4 is 15.5 Å². The van der Waals surface area contributed by atoms with Crippen molar-refractivity contribution in [2.75, 3.05) is 12.4 Å². The van der Waals surface area contributed by atoms with Gasteiger partial charge in [-0.15, -0.1) is 0 Å². The molecule has 0 heterocycles. The number of amides is 2. The molecule has 0 unspecified atom stereocenters. The zero-order chi connectivity index (χ0) is 17.5. The fourth-order valence-corrected chi connectivity index (χ4v) is 2.04. The van der Waals surface area contributed by atoms with Gasteiger partial charge in [0.1, 0.15) is 5.75 Å². The van der Waals surface area contributed by atoms with Gasteiger partial charge in [-0.05, 0) is 29.8 Å². The van der Waals surface area contributed by atoms with Crippen LogP contribution in [0.3, 0.4) is 0 Å². The second-order valence-electron chi connectivity index (χ2n) is 4.53. The van der Waals surface area contributed by atoms with Crippen molar-refractivity contribution >= 4 is 46.9 Å². The summed E-state index contributed by atoms with van der Waals surface area (Å²) in [5, 5.41) is 6.91. The molecule has 0 aliphatic carbocycles. The van der Waals surface area contributed by atoms with Gasteiger partial charge in [0.2, 0.25) is 0 Å². The lowest BCUT2D eigenvalue weighted by molar-refractivity contribution is -0.136. The van der Waals surface area contributed by atoms with Crippen LogP contribution in [0.2, 0.25) is 10.0 Å². The maximum Gasteiger partial charge on any atom is 0.329 e. The second kappa shape index (κ2) is 8.33. The normalized spacial score (nSPS) is 10.5. The third-order valence-electron chi connectivity index (χ3n) is 2.88. The summed E-state index contributed by atoms with van der Waals surface area (Å²) < 4.78 is 5.09. The van der Waals surface area contributed by atoms with Crippen molar-refractivity contribution in [1.82, 2.24) is 5.43 Å². The van der Waals surface area contributed by atoms with E-state index in [1.165, 1.54) is 13.3 Å². The molecule has 124 valence electrons. The molecule has 2 aromatic carbocycles. The van der Waals surface area contributed by atoms with E-state index in [1.807, 2.05) is 0 Å². The number of nitrogens with one attached hydrogen (secondary N) is 2. The van der Waals surface area contributed by atoms with Crippen LogP contribution in [0.25, 0.3) is 0 Å². The fraction of sp³-hybridized carbons (Fsp3) is 0.0625. The second-order valence-corrected chi connectivity index (χ2v) is 5.34. The molecule has 0 aromatic heterocycles. The van der Waals surface area contributed by atoms with Crippen molar-refractivity contribution in [3.05, 3.63) is 58.1 Å². The number of hydrogen-bond acceptors (Lipinski definition) is 4. The molecule has 2 rings (SSSR count). The van der Waals surface area contributed by atoms with Gasteiger partial charge >= 0.3 is 11.8 Å². The molecule has 0 aliphatic heterocycles. The van der Waals surface area contributed by atoms with Crippen LogP contribution in [-0.4, -0.2) is 25.1 Å². The van der Waals surface area contributed by atoms with Crippen molar-refractivity contribution in [3.63, 3.8) is 0 Å². The van der Waals surface area contributed by atoms with Crippen molar-refractivity contribution in [2.24, 2.45) is 5.10 Å². The predicted octanol–water partition coefficient (Wildman–Crippen LogP) is 3.09. The summed E-state index contributed by atoms with van der Waals surface area (Å²) in [5.74, 6) is -1.35. The van der Waals surface area contributed by atoms with E-state index < -0.39 is 11.8 Å². The van der Waals surface area contributed by atoms with Crippen LogP contribution in [0.1, 0.15) is 5.56 Å². The highest BCUT2D eigenvalue weighted by atomic mass is 35.5. The molecule has 2 amide bonds. The molecule has 2 aromatic rings. The number of carbonyl (C=O) groups is 2. The average Bonchev–Trinajstić information content (AvgIpc) is 2.58. The Hall–Kier alpha value is -2.57. The molecule has 0 radical (unpaired) electrons. The number of ether oxygens (including phenoxy) is 1. The van der Waals surface area contributed by atoms with Crippen molar-refractivity contribution in [2.45, 2.75) is 0 Å². The minimum Gasteiger partial charge on any atom is -0.495 e. The van der Waals surface area contributed by atoms with Crippen molar-refractivity contribution in [1.29, 1.82) is 0 Å². The Bertz CT molecular complexity index is 794. The van der Waals surface area contributed by atoms with E-state index in [1.54, 1.807) is 42.5 Å². The molecule has 2 N–H and O–H groups in total. The zero-order valence-electron chi connectivity index (χ0n) is 12.5. The number of hydrogen-bond donors (Lipinski definition) is 2. The largest absolute Gasteiger partial charge is 0.495 e. The Morgan fingerprint density at radius 1 is 1.08 bits per heavy atom. The number of para-hydroxylation sites is 2. The Labute approximate surface area is 148 Å². The molecule has 0 aliphatic rings. The van der Waals surface area contributed by atoms with Gasteiger partial charge in [0, 0.05) is 0 Å². The summed E-state index contributed by atoms with van der Waals surface area (Å²) in [6.45, 7) is 0. The summed E-state index contributed by atoms with van der Waals surface area (Å²) in [6.07, 6.45) is 1.34. The first-order valence-electron chi connectivity index (χ1n) is 6.73. The minimum absolute atomic E-state index is 0.362. The third kappa shape index (κ3) is 4.71. The summed E-state index contributed by atoms with van der Waals surface area (Å²) in [5.41, 5.74) is 3.13. The maximum atomic E-state index is 11.8. The Kier molecular flexibility index (Phi) is 6.17. The fourth-order valence-electron chi connectivity index (χ4n) is 1.74. The highest BCUT2D eigenvalue weighted by molar-refractivity contribution is 6.42. The van der Waals surface area contributed by atoms with Gasteiger partial charge in [0.15, 0.2) is 0 Å². The predicted molar refractivity (Wildman–Crippen MR) is 93.8 cm³/mol. The quantitative estimate of drug-likeness (QED) is 0.496. The first kappa shape index (κ1) is 17.8. The van der Waals surface area contributed by atoms with Gasteiger partial charge in [-0.3, -0.25) is 9.59 Å². The lowest BCUT2D eigenvalue weighted by Crippen LogP contribution is -2.32. The molecule has 0 atom stereocenters. The maximum absolute atomic E-state index is 11.8. The Morgan fingerprint density at radius 3 is 2.54 bits per heavy atom. The summed E-state index contributed by atoms with van der Waals surface area (Å²) >= 11 is 11.7. The van der Waals surface area contributed by atoms with E-state index in [0.29, 0.717) is 27.0 Å². The summed E-state index contributed by atoms with van der Waals surface area (Å²) in [6, 6.07) is 11.6. The van der Waals surface area contributed by atoms with Gasteiger partial charge in [-0.25, -0.2) is 5.43 Å². The van der Waals surface area contributed by atoms with E-state index in [9.17, 15) is 9.59 Å². The third-order valence-corrected chi connectivity index (χ3v) is 3.62. The monoisotopic (exact) mass is 365 g/mol. The van der Waals surface area contributed by atoms with Crippen LogP contribution in [0, 0.1) is 0 Å². The first-order chi connectivity index (χ1) is 11.5. The lowest BCUT2D eigenvalue weighted by Gasteiger charge is -2.08. The molecule has 0 saturated carbocycles. The van der Waals surface area contributed by atoms with Crippen LogP contribution in [0.15, 0.2) is 47.6 Å². The van der Waals surface area contributed by atoms with Gasteiger partial charge in [0.05, 0.1) is 29.1 Å². The molecular weight excluding hydrogens is 353 g/mol. The van der Waals surface area contributed by atoms with Crippen LogP contribution >= 0.6 is 23.2 Å².